The number of aromatic nitrogens is 2. The second-order valence-corrected chi connectivity index (χ2v) is 3.81. The van der Waals surface area contributed by atoms with Crippen molar-refractivity contribution < 1.29 is 24.5 Å². The summed E-state index contributed by atoms with van der Waals surface area (Å²) < 4.78 is 10.6. The van der Waals surface area contributed by atoms with Gasteiger partial charge < -0.3 is 19.7 Å². The lowest BCUT2D eigenvalue weighted by Gasteiger charge is -2.10. The van der Waals surface area contributed by atoms with Crippen LogP contribution in [0.15, 0.2) is 30.3 Å². The molecule has 0 saturated heterocycles. The summed E-state index contributed by atoms with van der Waals surface area (Å²) in [7, 11) is 1.47. The van der Waals surface area contributed by atoms with Gasteiger partial charge in [0.2, 0.25) is 5.88 Å². The van der Waals surface area contributed by atoms with Gasteiger partial charge in [0.25, 0.3) is 0 Å². The van der Waals surface area contributed by atoms with E-state index >= 15 is 0 Å². The highest BCUT2D eigenvalue weighted by Crippen LogP contribution is 2.31. The summed E-state index contributed by atoms with van der Waals surface area (Å²) in [6.45, 7) is -0.107. The van der Waals surface area contributed by atoms with Crippen LogP contribution >= 0.6 is 0 Å². The number of benzene rings is 1. The zero-order valence-electron chi connectivity index (χ0n) is 10.6. The molecule has 0 spiro atoms. The quantitative estimate of drug-likeness (QED) is 0.852. The van der Waals surface area contributed by atoms with Crippen molar-refractivity contribution in [2.75, 3.05) is 7.11 Å². The Balaban J connectivity index is 2.23. The molecular weight excluding hydrogens is 264 g/mol. The van der Waals surface area contributed by atoms with Gasteiger partial charge in [0.1, 0.15) is 0 Å². The molecule has 1 aromatic heterocycles. The second-order valence-electron chi connectivity index (χ2n) is 3.81. The Kier molecular flexibility index (Phi) is 4.11. The maximum Gasteiger partial charge on any atom is 0.356 e. The van der Waals surface area contributed by atoms with E-state index in [-0.39, 0.29) is 18.2 Å². The number of aliphatic hydroxyl groups excluding tert-OH is 1. The third-order valence-electron chi connectivity index (χ3n) is 2.48. The number of carboxylic acid groups (broad SMARTS) is 1. The minimum atomic E-state index is -1.16. The number of methoxy groups -OCH3 is 1. The van der Waals surface area contributed by atoms with Gasteiger partial charge in [-0.2, -0.15) is 0 Å². The van der Waals surface area contributed by atoms with Crippen LogP contribution < -0.4 is 9.47 Å². The molecule has 20 heavy (non-hydrogen) atoms. The number of carbonyl (C=O) groups is 1. The summed E-state index contributed by atoms with van der Waals surface area (Å²) in [6, 6.07) is 7.62. The first-order valence-corrected chi connectivity index (χ1v) is 5.66. The number of aliphatic hydroxyl groups is 1. The molecule has 0 radical (unpaired) electrons. The zero-order valence-corrected chi connectivity index (χ0v) is 10.6. The maximum absolute atomic E-state index is 10.7. The van der Waals surface area contributed by atoms with Gasteiger partial charge in [-0.1, -0.05) is 6.07 Å². The van der Waals surface area contributed by atoms with Crippen LogP contribution in [0.3, 0.4) is 0 Å². The Hall–Kier alpha value is -2.67. The number of aromatic carboxylic acids is 1. The van der Waals surface area contributed by atoms with Gasteiger partial charge in [-0.3, -0.25) is 0 Å². The van der Waals surface area contributed by atoms with Crippen molar-refractivity contribution in [1.29, 1.82) is 0 Å². The van der Waals surface area contributed by atoms with Crippen LogP contribution in [0.5, 0.6) is 17.4 Å². The highest BCUT2D eigenvalue weighted by molar-refractivity contribution is 5.84. The molecule has 0 fully saturated rings. The maximum atomic E-state index is 10.7. The van der Waals surface area contributed by atoms with Crippen LogP contribution in [0.2, 0.25) is 0 Å². The standard InChI is InChI=1S/C13H12N2O5/c1-19-11-6-8(7-16)2-4-10(11)20-12-5-3-9(13(17)18)14-15-12/h2-6,16H,7H2,1H3,(H,17,18). The number of hydrogen-bond donors (Lipinski definition) is 2. The minimum absolute atomic E-state index is 0.107. The molecule has 0 aliphatic carbocycles. The summed E-state index contributed by atoms with van der Waals surface area (Å²) in [5.74, 6) is -0.193. The first-order chi connectivity index (χ1) is 9.63. The van der Waals surface area contributed by atoms with E-state index in [9.17, 15) is 4.79 Å². The molecule has 104 valence electrons. The minimum Gasteiger partial charge on any atom is -0.493 e. The van der Waals surface area contributed by atoms with E-state index in [4.69, 9.17) is 19.7 Å². The van der Waals surface area contributed by atoms with Crippen molar-refractivity contribution in [2.45, 2.75) is 6.61 Å². The third-order valence-corrected chi connectivity index (χ3v) is 2.48. The van der Waals surface area contributed by atoms with Crippen LogP contribution in [0.4, 0.5) is 0 Å². The summed E-state index contributed by atoms with van der Waals surface area (Å²) in [4.78, 5) is 10.7. The predicted molar refractivity (Wildman–Crippen MR) is 68.0 cm³/mol. The molecule has 0 amide bonds. The molecule has 0 unspecified atom stereocenters. The van der Waals surface area contributed by atoms with Crippen LogP contribution in [0.1, 0.15) is 16.1 Å². The van der Waals surface area contributed by atoms with E-state index in [0.717, 1.165) is 0 Å². The lowest BCUT2D eigenvalue weighted by atomic mass is 10.2. The molecule has 0 saturated carbocycles. The Labute approximate surface area is 114 Å². The molecule has 1 heterocycles. The molecule has 7 nitrogen and oxygen atoms in total. The summed E-state index contributed by atoms with van der Waals surface area (Å²) in [5, 5.41) is 24.9. The van der Waals surface area contributed by atoms with Crippen LogP contribution in [-0.4, -0.2) is 33.5 Å². The van der Waals surface area contributed by atoms with Gasteiger partial charge >= 0.3 is 5.97 Å². The smallest absolute Gasteiger partial charge is 0.356 e. The fourth-order valence-corrected chi connectivity index (χ4v) is 1.50. The first kappa shape index (κ1) is 13.8. The largest absolute Gasteiger partial charge is 0.493 e. The lowest BCUT2D eigenvalue weighted by Crippen LogP contribution is -2.02. The van der Waals surface area contributed by atoms with Gasteiger partial charge in [-0.25, -0.2) is 4.79 Å². The molecule has 2 aromatic rings. The first-order valence-electron chi connectivity index (χ1n) is 5.66. The highest BCUT2D eigenvalue weighted by atomic mass is 16.5. The molecule has 0 aliphatic rings. The Morgan fingerprint density at radius 1 is 1.20 bits per heavy atom. The molecule has 2 rings (SSSR count). The van der Waals surface area contributed by atoms with Gasteiger partial charge in [0, 0.05) is 6.07 Å². The molecular formula is C13H12N2O5. The molecule has 2 N–H and O–H groups in total. The third kappa shape index (κ3) is 3.01. The van der Waals surface area contributed by atoms with Crippen molar-refractivity contribution in [3.05, 3.63) is 41.6 Å². The van der Waals surface area contributed by atoms with Gasteiger partial charge in [0.15, 0.2) is 17.2 Å². The van der Waals surface area contributed by atoms with E-state index in [1.807, 2.05) is 0 Å². The number of carboxylic acids is 1. The Morgan fingerprint density at radius 2 is 2.00 bits per heavy atom. The fourth-order valence-electron chi connectivity index (χ4n) is 1.50. The number of nitrogens with zero attached hydrogens (tertiary/aromatic N) is 2. The van der Waals surface area contributed by atoms with E-state index in [2.05, 4.69) is 10.2 Å². The zero-order chi connectivity index (χ0) is 14.5. The highest BCUT2D eigenvalue weighted by Gasteiger charge is 2.10. The van der Waals surface area contributed by atoms with E-state index in [0.29, 0.717) is 17.1 Å². The number of rotatable bonds is 5. The summed E-state index contributed by atoms with van der Waals surface area (Å²) >= 11 is 0. The molecule has 1 aromatic carbocycles. The lowest BCUT2D eigenvalue weighted by molar-refractivity contribution is 0.0689. The monoisotopic (exact) mass is 276 g/mol. The van der Waals surface area contributed by atoms with Crippen LogP contribution in [0, 0.1) is 0 Å². The summed E-state index contributed by atoms with van der Waals surface area (Å²) in [5.41, 5.74) is 0.515. The average molecular weight is 276 g/mol. The summed E-state index contributed by atoms with van der Waals surface area (Å²) in [6.07, 6.45) is 0. The van der Waals surface area contributed by atoms with E-state index in [1.54, 1.807) is 18.2 Å². The van der Waals surface area contributed by atoms with E-state index in [1.165, 1.54) is 19.2 Å². The van der Waals surface area contributed by atoms with Gasteiger partial charge in [-0.05, 0) is 23.8 Å². The normalized spacial score (nSPS) is 10.1. The van der Waals surface area contributed by atoms with Gasteiger partial charge in [-0.15, -0.1) is 10.2 Å². The van der Waals surface area contributed by atoms with Crippen LogP contribution in [-0.2, 0) is 6.61 Å². The van der Waals surface area contributed by atoms with Crippen molar-refractivity contribution in [2.24, 2.45) is 0 Å². The number of hydrogen-bond acceptors (Lipinski definition) is 6. The predicted octanol–water partition coefficient (Wildman–Crippen LogP) is 1.47. The molecule has 0 atom stereocenters. The average Bonchev–Trinajstić information content (AvgIpc) is 2.48. The second kappa shape index (κ2) is 5.98. The van der Waals surface area contributed by atoms with Crippen molar-refractivity contribution >= 4 is 5.97 Å². The van der Waals surface area contributed by atoms with Crippen molar-refractivity contribution in [1.82, 2.24) is 10.2 Å². The fraction of sp³-hybridized carbons (Fsp3) is 0.154. The SMILES string of the molecule is COc1cc(CO)ccc1Oc1ccc(C(=O)O)nn1. The van der Waals surface area contributed by atoms with Crippen molar-refractivity contribution in [3.8, 4) is 17.4 Å². The topological polar surface area (TPSA) is 102 Å². The molecule has 0 bridgehead atoms. The van der Waals surface area contributed by atoms with Crippen LogP contribution in [0.25, 0.3) is 0 Å². The van der Waals surface area contributed by atoms with Crippen molar-refractivity contribution in [3.63, 3.8) is 0 Å². The Morgan fingerprint density at radius 3 is 2.55 bits per heavy atom. The van der Waals surface area contributed by atoms with Gasteiger partial charge in [0.05, 0.1) is 13.7 Å². The molecule has 0 aliphatic heterocycles. The van der Waals surface area contributed by atoms with E-state index < -0.39 is 5.97 Å². The number of ether oxygens (including phenoxy) is 2. The molecule has 7 heteroatoms. The Bertz CT molecular complexity index is 613.